The molecule has 0 bridgehead atoms. The van der Waals surface area contributed by atoms with Crippen LogP contribution in [0.3, 0.4) is 0 Å². The number of aromatic nitrogens is 2. The van der Waals surface area contributed by atoms with E-state index in [9.17, 15) is 24.5 Å². The number of hydrogen-bond acceptors (Lipinski definition) is 8. The van der Waals surface area contributed by atoms with Gasteiger partial charge < -0.3 is 15.8 Å². The highest BCUT2D eigenvalue weighted by Gasteiger charge is 2.30. The lowest BCUT2D eigenvalue weighted by Crippen LogP contribution is -2.19. The van der Waals surface area contributed by atoms with Crippen LogP contribution in [0.25, 0.3) is 0 Å². The Morgan fingerprint density at radius 3 is 2.62 bits per heavy atom. The number of thiophene rings is 1. The standard InChI is InChI=1S/C14H15N5O6S/c1-4-18-9(7(5-16-18)19(23)24)12(21)17-13-8(14(22)25-3)6(2)10(26-13)11(15)20/h5H,4H2,1-3H3,(H2,15,20)(H,17,21). The van der Waals surface area contributed by atoms with Crippen LogP contribution in [0.5, 0.6) is 0 Å². The fraction of sp³-hybridized carbons (Fsp3) is 0.286. The molecule has 3 N–H and O–H groups in total. The molecule has 138 valence electrons. The van der Waals surface area contributed by atoms with Crippen molar-refractivity contribution < 1.29 is 24.0 Å². The number of methoxy groups -OCH3 is 1. The first-order valence-electron chi connectivity index (χ1n) is 7.25. The lowest BCUT2D eigenvalue weighted by Gasteiger charge is -2.07. The Balaban J connectivity index is 2.52. The minimum atomic E-state index is -0.849. The first kappa shape index (κ1) is 19.1. The number of carbonyl (C=O) groups is 3. The van der Waals surface area contributed by atoms with Gasteiger partial charge in [0.05, 0.1) is 22.5 Å². The topological polar surface area (TPSA) is 159 Å². The predicted molar refractivity (Wildman–Crippen MR) is 91.4 cm³/mol. The molecular weight excluding hydrogens is 366 g/mol. The zero-order chi connectivity index (χ0) is 19.6. The van der Waals surface area contributed by atoms with Crippen LogP contribution in [0.1, 0.15) is 43.0 Å². The fourth-order valence-electron chi connectivity index (χ4n) is 2.33. The van der Waals surface area contributed by atoms with Crippen molar-refractivity contribution in [3.05, 3.63) is 38.0 Å². The van der Waals surface area contributed by atoms with Crippen LogP contribution in [0.2, 0.25) is 0 Å². The van der Waals surface area contributed by atoms with Gasteiger partial charge in [0, 0.05) is 6.54 Å². The molecule has 0 unspecified atom stereocenters. The highest BCUT2D eigenvalue weighted by molar-refractivity contribution is 7.18. The zero-order valence-electron chi connectivity index (χ0n) is 14.1. The van der Waals surface area contributed by atoms with E-state index < -0.39 is 28.4 Å². The van der Waals surface area contributed by atoms with E-state index in [4.69, 9.17) is 5.73 Å². The van der Waals surface area contributed by atoms with Gasteiger partial charge in [-0.15, -0.1) is 11.3 Å². The summed E-state index contributed by atoms with van der Waals surface area (Å²) in [5.41, 5.74) is 4.74. The van der Waals surface area contributed by atoms with Crippen LogP contribution < -0.4 is 11.1 Å². The lowest BCUT2D eigenvalue weighted by atomic mass is 10.1. The largest absolute Gasteiger partial charge is 0.465 e. The van der Waals surface area contributed by atoms with Gasteiger partial charge in [-0.25, -0.2) is 4.79 Å². The molecule has 0 atom stereocenters. The second-order valence-corrected chi connectivity index (χ2v) is 6.04. The zero-order valence-corrected chi connectivity index (χ0v) is 14.9. The Morgan fingerprint density at radius 2 is 2.12 bits per heavy atom. The van der Waals surface area contributed by atoms with Crippen LogP contribution >= 0.6 is 11.3 Å². The Morgan fingerprint density at radius 1 is 1.46 bits per heavy atom. The van der Waals surface area contributed by atoms with Crippen molar-refractivity contribution in [2.45, 2.75) is 20.4 Å². The van der Waals surface area contributed by atoms with Crippen molar-refractivity contribution in [2.24, 2.45) is 5.73 Å². The number of nitrogens with zero attached hydrogens (tertiary/aromatic N) is 3. The molecule has 0 aromatic carbocycles. The summed E-state index contributed by atoms with van der Waals surface area (Å²) in [6.07, 6.45) is 0.966. The molecule has 0 aliphatic rings. The van der Waals surface area contributed by atoms with Crippen LogP contribution in [-0.2, 0) is 11.3 Å². The number of amides is 2. The highest BCUT2D eigenvalue weighted by atomic mass is 32.1. The SMILES string of the molecule is CCn1ncc([N+](=O)[O-])c1C(=O)Nc1sc(C(N)=O)c(C)c1C(=O)OC. The molecule has 2 aromatic heterocycles. The van der Waals surface area contributed by atoms with Crippen LogP contribution in [0, 0.1) is 17.0 Å². The summed E-state index contributed by atoms with van der Waals surface area (Å²) < 4.78 is 5.82. The van der Waals surface area contributed by atoms with Gasteiger partial charge in [0.2, 0.25) is 5.69 Å². The predicted octanol–water partition coefficient (Wildman–Crippen LogP) is 1.32. The lowest BCUT2D eigenvalue weighted by molar-refractivity contribution is -0.385. The van der Waals surface area contributed by atoms with E-state index in [-0.39, 0.29) is 33.2 Å². The summed E-state index contributed by atoms with van der Waals surface area (Å²) in [6, 6.07) is 0. The first-order valence-corrected chi connectivity index (χ1v) is 8.07. The minimum absolute atomic E-state index is 0.00583. The summed E-state index contributed by atoms with van der Waals surface area (Å²) in [7, 11) is 1.14. The number of nitrogens with two attached hydrogens (primary N) is 1. The minimum Gasteiger partial charge on any atom is -0.465 e. The van der Waals surface area contributed by atoms with E-state index in [0.29, 0.717) is 0 Å². The van der Waals surface area contributed by atoms with Crippen molar-refractivity contribution >= 4 is 39.8 Å². The second kappa shape index (κ2) is 7.31. The number of anilines is 1. The van der Waals surface area contributed by atoms with E-state index in [1.165, 1.54) is 6.92 Å². The first-order chi connectivity index (χ1) is 12.2. The molecule has 26 heavy (non-hydrogen) atoms. The average molecular weight is 381 g/mol. The molecule has 2 aromatic rings. The molecule has 0 aliphatic heterocycles. The molecule has 0 fully saturated rings. The Hall–Kier alpha value is -3.28. The number of nitrogens with one attached hydrogen (secondary N) is 1. The molecule has 12 heteroatoms. The molecule has 11 nitrogen and oxygen atoms in total. The molecule has 0 spiro atoms. The highest BCUT2D eigenvalue weighted by Crippen LogP contribution is 2.34. The van der Waals surface area contributed by atoms with Crippen molar-refractivity contribution in [1.29, 1.82) is 0 Å². The number of hydrogen-bond donors (Lipinski definition) is 2. The molecule has 0 saturated heterocycles. The third kappa shape index (κ3) is 3.26. The number of aryl methyl sites for hydroxylation is 1. The summed E-state index contributed by atoms with van der Waals surface area (Å²) in [4.78, 5) is 46.6. The maximum Gasteiger partial charge on any atom is 0.341 e. The van der Waals surface area contributed by atoms with Gasteiger partial charge in [-0.3, -0.25) is 24.4 Å². The molecule has 2 amide bonds. The van der Waals surface area contributed by atoms with E-state index >= 15 is 0 Å². The third-order valence-corrected chi connectivity index (χ3v) is 4.74. The van der Waals surface area contributed by atoms with E-state index in [0.717, 1.165) is 29.3 Å². The Labute approximate surface area is 150 Å². The van der Waals surface area contributed by atoms with Crippen molar-refractivity contribution in [2.75, 3.05) is 12.4 Å². The third-order valence-electron chi connectivity index (χ3n) is 3.52. The van der Waals surface area contributed by atoms with E-state index in [1.54, 1.807) is 6.92 Å². The van der Waals surface area contributed by atoms with Crippen LogP contribution in [0.15, 0.2) is 6.20 Å². The van der Waals surface area contributed by atoms with Gasteiger partial charge in [0.1, 0.15) is 11.2 Å². The quantitative estimate of drug-likeness (QED) is 0.433. The van der Waals surface area contributed by atoms with Crippen LogP contribution in [-0.4, -0.2) is 39.6 Å². The summed E-state index contributed by atoms with van der Waals surface area (Å²) in [6.45, 7) is 3.36. The van der Waals surface area contributed by atoms with Gasteiger partial charge in [-0.1, -0.05) is 0 Å². The molecule has 2 heterocycles. The number of nitro groups is 1. The van der Waals surface area contributed by atoms with Gasteiger partial charge >= 0.3 is 11.7 Å². The van der Waals surface area contributed by atoms with E-state index in [1.807, 2.05) is 0 Å². The normalized spacial score (nSPS) is 10.4. The summed E-state index contributed by atoms with van der Waals surface area (Å²) >= 11 is 0.784. The average Bonchev–Trinajstić information content (AvgIpc) is 3.15. The molecule has 0 aliphatic carbocycles. The Bertz CT molecular complexity index is 915. The molecule has 2 rings (SSSR count). The van der Waals surface area contributed by atoms with Gasteiger partial charge in [0.15, 0.2) is 0 Å². The van der Waals surface area contributed by atoms with Crippen molar-refractivity contribution in [3.8, 4) is 0 Å². The van der Waals surface area contributed by atoms with Crippen LogP contribution in [0.4, 0.5) is 10.7 Å². The van der Waals surface area contributed by atoms with Gasteiger partial charge in [-0.05, 0) is 19.4 Å². The maximum atomic E-state index is 12.6. The number of esters is 1. The molecule has 0 radical (unpaired) electrons. The summed E-state index contributed by atoms with van der Waals surface area (Å²) in [5, 5.41) is 17.3. The molecule has 0 saturated carbocycles. The smallest absolute Gasteiger partial charge is 0.341 e. The van der Waals surface area contributed by atoms with Crippen molar-refractivity contribution in [3.63, 3.8) is 0 Å². The second-order valence-electron chi connectivity index (χ2n) is 5.02. The van der Waals surface area contributed by atoms with Gasteiger partial charge in [-0.2, -0.15) is 5.10 Å². The maximum absolute atomic E-state index is 12.6. The van der Waals surface area contributed by atoms with Gasteiger partial charge in [0.25, 0.3) is 11.8 Å². The Kier molecular flexibility index (Phi) is 5.35. The number of ether oxygens (including phenoxy) is 1. The van der Waals surface area contributed by atoms with E-state index in [2.05, 4.69) is 15.2 Å². The number of primary amides is 1. The number of rotatable bonds is 6. The number of carbonyl (C=O) groups excluding carboxylic acids is 3. The molecular formula is C14H15N5O6S. The monoisotopic (exact) mass is 381 g/mol. The van der Waals surface area contributed by atoms with Crippen molar-refractivity contribution in [1.82, 2.24) is 9.78 Å². The summed E-state index contributed by atoms with van der Waals surface area (Å²) in [5.74, 6) is -2.40. The fourth-order valence-corrected chi connectivity index (χ4v) is 3.37.